The van der Waals surface area contributed by atoms with Gasteiger partial charge in [-0.2, -0.15) is 0 Å². The SMILES string of the molecule is Cc1ccc(Br)cc1CCN(C)C(C)CN. The highest BCUT2D eigenvalue weighted by Crippen LogP contribution is 2.16. The van der Waals surface area contributed by atoms with Crippen molar-refractivity contribution in [3.05, 3.63) is 33.8 Å². The highest BCUT2D eigenvalue weighted by Gasteiger charge is 2.07. The van der Waals surface area contributed by atoms with E-state index in [9.17, 15) is 0 Å². The molecule has 1 atom stereocenters. The molecule has 0 radical (unpaired) electrons. The molecule has 0 aliphatic carbocycles. The molecule has 2 N–H and O–H groups in total. The predicted octanol–water partition coefficient (Wildman–Crippen LogP) is 2.58. The molecule has 0 amide bonds. The molecule has 1 aromatic carbocycles. The molecule has 0 aliphatic rings. The van der Waals surface area contributed by atoms with Crippen molar-refractivity contribution in [1.82, 2.24) is 4.90 Å². The topological polar surface area (TPSA) is 29.3 Å². The van der Waals surface area contributed by atoms with Gasteiger partial charge in [-0.3, -0.25) is 0 Å². The molecule has 0 fully saturated rings. The fourth-order valence-electron chi connectivity index (χ4n) is 1.61. The van der Waals surface area contributed by atoms with Gasteiger partial charge in [-0.05, 0) is 50.6 Å². The molecule has 0 spiro atoms. The Hall–Kier alpha value is -0.380. The fraction of sp³-hybridized carbons (Fsp3) is 0.538. The van der Waals surface area contributed by atoms with Gasteiger partial charge in [0.15, 0.2) is 0 Å². The monoisotopic (exact) mass is 284 g/mol. The van der Waals surface area contributed by atoms with E-state index in [0.29, 0.717) is 12.6 Å². The van der Waals surface area contributed by atoms with Crippen molar-refractivity contribution in [2.24, 2.45) is 5.73 Å². The Labute approximate surface area is 107 Å². The van der Waals surface area contributed by atoms with Crippen LogP contribution in [0, 0.1) is 6.92 Å². The first kappa shape index (κ1) is 13.7. The van der Waals surface area contributed by atoms with Crippen molar-refractivity contribution in [1.29, 1.82) is 0 Å². The lowest BCUT2D eigenvalue weighted by molar-refractivity contribution is 0.266. The van der Waals surface area contributed by atoms with Crippen molar-refractivity contribution in [2.75, 3.05) is 20.1 Å². The van der Waals surface area contributed by atoms with Crippen LogP contribution < -0.4 is 5.73 Å². The van der Waals surface area contributed by atoms with E-state index in [1.807, 2.05) is 0 Å². The molecule has 0 aromatic heterocycles. The molecule has 0 bridgehead atoms. The minimum atomic E-state index is 0.451. The summed E-state index contributed by atoms with van der Waals surface area (Å²) in [5.74, 6) is 0. The van der Waals surface area contributed by atoms with Crippen LogP contribution in [0.25, 0.3) is 0 Å². The van der Waals surface area contributed by atoms with Crippen LogP contribution >= 0.6 is 15.9 Å². The minimum Gasteiger partial charge on any atom is -0.329 e. The van der Waals surface area contributed by atoms with E-state index in [4.69, 9.17) is 5.73 Å². The highest BCUT2D eigenvalue weighted by atomic mass is 79.9. The van der Waals surface area contributed by atoms with Crippen LogP contribution in [-0.4, -0.2) is 31.1 Å². The van der Waals surface area contributed by atoms with E-state index < -0.39 is 0 Å². The van der Waals surface area contributed by atoms with Gasteiger partial charge < -0.3 is 10.6 Å². The Balaban J connectivity index is 2.57. The van der Waals surface area contributed by atoms with Gasteiger partial charge in [0.25, 0.3) is 0 Å². The van der Waals surface area contributed by atoms with E-state index in [1.54, 1.807) is 0 Å². The van der Waals surface area contributed by atoms with Crippen LogP contribution in [0.5, 0.6) is 0 Å². The summed E-state index contributed by atoms with van der Waals surface area (Å²) in [6.07, 6.45) is 1.08. The number of hydrogen-bond acceptors (Lipinski definition) is 2. The lowest BCUT2D eigenvalue weighted by atomic mass is 10.1. The standard InChI is InChI=1S/C13H21BrN2/c1-10-4-5-13(14)8-12(10)6-7-16(3)11(2)9-15/h4-5,8,11H,6-7,9,15H2,1-3H3. The van der Waals surface area contributed by atoms with Gasteiger partial charge in [-0.25, -0.2) is 0 Å². The number of halogens is 1. The van der Waals surface area contributed by atoms with E-state index in [-0.39, 0.29) is 0 Å². The van der Waals surface area contributed by atoms with Crippen LogP contribution in [0.15, 0.2) is 22.7 Å². The average molecular weight is 285 g/mol. The van der Waals surface area contributed by atoms with Gasteiger partial charge in [0, 0.05) is 23.6 Å². The van der Waals surface area contributed by atoms with Crippen LogP contribution in [-0.2, 0) is 6.42 Å². The third kappa shape index (κ3) is 3.89. The summed E-state index contributed by atoms with van der Waals surface area (Å²) in [6.45, 7) is 6.09. The molecule has 0 saturated heterocycles. The highest BCUT2D eigenvalue weighted by molar-refractivity contribution is 9.10. The normalized spacial score (nSPS) is 13.1. The summed E-state index contributed by atoms with van der Waals surface area (Å²) in [4.78, 5) is 2.31. The van der Waals surface area contributed by atoms with Gasteiger partial charge in [0.2, 0.25) is 0 Å². The molecule has 16 heavy (non-hydrogen) atoms. The Morgan fingerprint density at radius 2 is 2.12 bits per heavy atom. The predicted molar refractivity (Wildman–Crippen MR) is 73.7 cm³/mol. The molecule has 1 aromatic rings. The number of rotatable bonds is 5. The van der Waals surface area contributed by atoms with Crippen molar-refractivity contribution < 1.29 is 0 Å². The van der Waals surface area contributed by atoms with E-state index in [0.717, 1.165) is 17.4 Å². The van der Waals surface area contributed by atoms with Crippen LogP contribution in [0.1, 0.15) is 18.1 Å². The second kappa shape index (κ2) is 6.38. The number of aryl methyl sites for hydroxylation is 1. The van der Waals surface area contributed by atoms with Crippen LogP contribution in [0.2, 0.25) is 0 Å². The molecule has 2 nitrogen and oxygen atoms in total. The summed E-state index contributed by atoms with van der Waals surface area (Å²) in [7, 11) is 2.13. The van der Waals surface area contributed by atoms with Gasteiger partial charge >= 0.3 is 0 Å². The zero-order valence-corrected chi connectivity index (χ0v) is 11.9. The first-order valence-electron chi connectivity index (χ1n) is 5.70. The van der Waals surface area contributed by atoms with Crippen LogP contribution in [0.4, 0.5) is 0 Å². The molecular weight excluding hydrogens is 264 g/mol. The number of hydrogen-bond donors (Lipinski definition) is 1. The molecule has 0 saturated carbocycles. The molecule has 0 heterocycles. The van der Waals surface area contributed by atoms with Crippen molar-refractivity contribution in [3.63, 3.8) is 0 Å². The summed E-state index contributed by atoms with van der Waals surface area (Å²) in [5, 5.41) is 0. The first-order valence-corrected chi connectivity index (χ1v) is 6.49. The molecule has 0 aliphatic heterocycles. The number of likely N-dealkylation sites (N-methyl/N-ethyl adjacent to an activating group) is 1. The fourth-order valence-corrected chi connectivity index (χ4v) is 2.02. The molecule has 1 rings (SSSR count). The van der Waals surface area contributed by atoms with E-state index >= 15 is 0 Å². The van der Waals surface area contributed by atoms with Gasteiger partial charge in [-0.1, -0.05) is 22.0 Å². The Kier molecular flexibility index (Phi) is 5.46. The Bertz CT molecular complexity index is 339. The van der Waals surface area contributed by atoms with Crippen LogP contribution in [0.3, 0.4) is 0 Å². The molecule has 90 valence electrons. The number of nitrogens with two attached hydrogens (primary N) is 1. The minimum absolute atomic E-state index is 0.451. The zero-order chi connectivity index (χ0) is 12.1. The molecule has 1 unspecified atom stereocenters. The third-order valence-electron chi connectivity index (χ3n) is 3.14. The third-order valence-corrected chi connectivity index (χ3v) is 3.63. The lowest BCUT2D eigenvalue weighted by Gasteiger charge is -2.23. The summed E-state index contributed by atoms with van der Waals surface area (Å²) in [5.41, 5.74) is 8.41. The first-order chi connectivity index (χ1) is 7.54. The van der Waals surface area contributed by atoms with Crippen molar-refractivity contribution in [2.45, 2.75) is 26.3 Å². The van der Waals surface area contributed by atoms with Crippen molar-refractivity contribution >= 4 is 15.9 Å². The summed E-state index contributed by atoms with van der Waals surface area (Å²) < 4.78 is 1.16. The zero-order valence-electron chi connectivity index (χ0n) is 10.3. The second-order valence-corrected chi connectivity index (χ2v) is 5.30. The number of nitrogens with zero attached hydrogens (tertiary/aromatic N) is 1. The van der Waals surface area contributed by atoms with Crippen molar-refractivity contribution in [3.8, 4) is 0 Å². The Morgan fingerprint density at radius 3 is 2.75 bits per heavy atom. The summed E-state index contributed by atoms with van der Waals surface area (Å²) in [6, 6.07) is 6.90. The lowest BCUT2D eigenvalue weighted by Crippen LogP contribution is -2.36. The smallest absolute Gasteiger partial charge is 0.0187 e. The van der Waals surface area contributed by atoms with Gasteiger partial charge in [0.05, 0.1) is 0 Å². The van der Waals surface area contributed by atoms with E-state index in [2.05, 4.69) is 59.9 Å². The average Bonchev–Trinajstić information content (AvgIpc) is 2.28. The van der Waals surface area contributed by atoms with Gasteiger partial charge in [-0.15, -0.1) is 0 Å². The maximum Gasteiger partial charge on any atom is 0.0187 e. The quantitative estimate of drug-likeness (QED) is 0.901. The molecule has 3 heteroatoms. The second-order valence-electron chi connectivity index (χ2n) is 4.39. The Morgan fingerprint density at radius 1 is 1.44 bits per heavy atom. The maximum absolute atomic E-state index is 5.65. The molecular formula is C13H21BrN2. The maximum atomic E-state index is 5.65. The summed E-state index contributed by atoms with van der Waals surface area (Å²) >= 11 is 3.51. The van der Waals surface area contributed by atoms with E-state index in [1.165, 1.54) is 11.1 Å². The van der Waals surface area contributed by atoms with Gasteiger partial charge in [0.1, 0.15) is 0 Å². The largest absolute Gasteiger partial charge is 0.329 e. The number of benzene rings is 1.